The molecule has 2 N–H and O–H groups in total. The fourth-order valence-corrected chi connectivity index (χ4v) is 2.69. The van der Waals surface area contributed by atoms with E-state index in [1.165, 1.54) is 37.1 Å². The Morgan fingerprint density at radius 3 is 2.67 bits per heavy atom. The number of nitrogens with two attached hydrogens (primary N) is 1. The summed E-state index contributed by atoms with van der Waals surface area (Å²) < 4.78 is 0. The molecule has 1 aliphatic carbocycles. The van der Waals surface area contributed by atoms with E-state index >= 15 is 0 Å². The molecule has 0 aliphatic heterocycles. The molecule has 1 aromatic heterocycles. The second kappa shape index (κ2) is 3.44. The first-order chi connectivity index (χ1) is 5.86. The van der Waals surface area contributed by atoms with Gasteiger partial charge >= 0.3 is 0 Å². The fraction of sp³-hybridized carbons (Fsp3) is 0.667. The van der Waals surface area contributed by atoms with Gasteiger partial charge in [-0.2, -0.15) is 0 Å². The van der Waals surface area contributed by atoms with Gasteiger partial charge in [-0.15, -0.1) is 11.3 Å². The molecule has 2 nitrogen and oxygen atoms in total. The highest BCUT2D eigenvalue weighted by Crippen LogP contribution is 2.35. The van der Waals surface area contributed by atoms with Crippen molar-refractivity contribution in [1.82, 2.24) is 4.98 Å². The van der Waals surface area contributed by atoms with Gasteiger partial charge < -0.3 is 5.73 Å². The van der Waals surface area contributed by atoms with Crippen molar-refractivity contribution < 1.29 is 0 Å². The topological polar surface area (TPSA) is 38.9 Å². The van der Waals surface area contributed by atoms with Crippen LogP contribution in [-0.4, -0.2) is 4.98 Å². The summed E-state index contributed by atoms with van der Waals surface area (Å²) in [6, 6.07) is 0. The van der Waals surface area contributed by atoms with E-state index in [0.29, 0.717) is 5.92 Å². The Bertz CT molecular complexity index is 251. The summed E-state index contributed by atoms with van der Waals surface area (Å²) in [6.45, 7) is 0. The van der Waals surface area contributed by atoms with E-state index in [4.69, 9.17) is 5.73 Å². The minimum atomic E-state index is 0.709. The highest BCUT2D eigenvalue weighted by molar-refractivity contribution is 7.15. The van der Waals surface area contributed by atoms with Crippen LogP contribution in [0.4, 0.5) is 5.00 Å². The Labute approximate surface area is 76.8 Å². The van der Waals surface area contributed by atoms with E-state index in [1.54, 1.807) is 17.5 Å². The molecule has 12 heavy (non-hydrogen) atoms. The van der Waals surface area contributed by atoms with Gasteiger partial charge in [0.25, 0.3) is 0 Å². The van der Waals surface area contributed by atoms with E-state index in [-0.39, 0.29) is 0 Å². The number of thiazole rings is 1. The Hall–Kier alpha value is -0.570. The first-order valence-corrected chi connectivity index (χ1v) is 5.39. The molecule has 0 aromatic carbocycles. The summed E-state index contributed by atoms with van der Waals surface area (Å²) in [5.74, 6) is 0.709. The van der Waals surface area contributed by atoms with Crippen LogP contribution in [0.2, 0.25) is 0 Å². The van der Waals surface area contributed by atoms with Crippen molar-refractivity contribution in [2.45, 2.75) is 38.0 Å². The average Bonchev–Trinajstić information content (AvgIpc) is 2.54. The second-order valence-corrected chi connectivity index (χ2v) is 4.53. The molecule has 1 aromatic rings. The van der Waals surface area contributed by atoms with Crippen LogP contribution in [0.3, 0.4) is 0 Å². The van der Waals surface area contributed by atoms with Crippen LogP contribution < -0.4 is 5.73 Å². The third-order valence-electron chi connectivity index (χ3n) is 2.50. The molecule has 1 heterocycles. The Kier molecular flexibility index (Phi) is 2.30. The Balaban J connectivity index is 2.08. The predicted molar refractivity (Wildman–Crippen MR) is 52.4 cm³/mol. The summed E-state index contributed by atoms with van der Waals surface area (Å²) in [6.07, 6.45) is 8.54. The summed E-state index contributed by atoms with van der Waals surface area (Å²) in [5.41, 5.74) is 5.64. The van der Waals surface area contributed by atoms with Crippen molar-refractivity contribution in [3.63, 3.8) is 0 Å². The summed E-state index contributed by atoms with van der Waals surface area (Å²) in [7, 11) is 0. The van der Waals surface area contributed by atoms with E-state index in [0.717, 1.165) is 5.00 Å². The molecule has 2 rings (SSSR count). The molecule has 1 aliphatic rings. The van der Waals surface area contributed by atoms with Gasteiger partial charge in [-0.25, -0.2) is 4.98 Å². The molecule has 0 atom stereocenters. The molecule has 0 bridgehead atoms. The number of nitrogen functional groups attached to an aromatic ring is 1. The first-order valence-electron chi connectivity index (χ1n) is 4.57. The SMILES string of the molecule is Nc1cnc(C2CCCCC2)s1. The van der Waals surface area contributed by atoms with Crippen molar-refractivity contribution in [1.29, 1.82) is 0 Å². The Morgan fingerprint density at radius 2 is 2.08 bits per heavy atom. The molecule has 0 radical (unpaired) electrons. The van der Waals surface area contributed by atoms with Crippen LogP contribution in [0.5, 0.6) is 0 Å². The zero-order valence-corrected chi connectivity index (χ0v) is 7.94. The maximum atomic E-state index is 5.64. The monoisotopic (exact) mass is 182 g/mol. The molecule has 66 valence electrons. The van der Waals surface area contributed by atoms with Crippen molar-refractivity contribution >= 4 is 16.3 Å². The minimum Gasteiger partial charge on any atom is -0.389 e. The van der Waals surface area contributed by atoms with Gasteiger partial charge in [0.2, 0.25) is 0 Å². The molecule has 0 spiro atoms. The van der Waals surface area contributed by atoms with Gasteiger partial charge in [0.05, 0.1) is 11.2 Å². The molecule has 1 fully saturated rings. The van der Waals surface area contributed by atoms with Crippen LogP contribution in [-0.2, 0) is 0 Å². The van der Waals surface area contributed by atoms with Crippen molar-refractivity contribution in [3.05, 3.63) is 11.2 Å². The molecule has 0 amide bonds. The van der Waals surface area contributed by atoms with Crippen molar-refractivity contribution in [2.75, 3.05) is 5.73 Å². The molecular weight excluding hydrogens is 168 g/mol. The number of anilines is 1. The minimum absolute atomic E-state index is 0.709. The third-order valence-corrected chi connectivity index (χ3v) is 3.48. The van der Waals surface area contributed by atoms with Gasteiger partial charge in [-0.1, -0.05) is 19.3 Å². The van der Waals surface area contributed by atoms with Crippen LogP contribution >= 0.6 is 11.3 Å². The number of hydrogen-bond acceptors (Lipinski definition) is 3. The third kappa shape index (κ3) is 1.61. The van der Waals surface area contributed by atoms with Crippen LogP contribution in [0.1, 0.15) is 43.0 Å². The van der Waals surface area contributed by atoms with E-state index in [1.807, 2.05) is 0 Å². The van der Waals surface area contributed by atoms with Gasteiger partial charge in [0, 0.05) is 5.92 Å². The lowest BCUT2D eigenvalue weighted by Gasteiger charge is -2.18. The van der Waals surface area contributed by atoms with Crippen LogP contribution in [0, 0.1) is 0 Å². The quantitative estimate of drug-likeness (QED) is 0.725. The van der Waals surface area contributed by atoms with Gasteiger partial charge in [0.1, 0.15) is 5.00 Å². The lowest BCUT2D eigenvalue weighted by molar-refractivity contribution is 0.442. The zero-order chi connectivity index (χ0) is 8.39. The van der Waals surface area contributed by atoms with Gasteiger partial charge in [-0.05, 0) is 12.8 Å². The molecule has 0 unspecified atom stereocenters. The van der Waals surface area contributed by atoms with Crippen molar-refractivity contribution in [2.24, 2.45) is 0 Å². The lowest BCUT2D eigenvalue weighted by Crippen LogP contribution is -2.03. The molecule has 0 saturated heterocycles. The highest BCUT2D eigenvalue weighted by Gasteiger charge is 2.17. The Morgan fingerprint density at radius 1 is 1.33 bits per heavy atom. The van der Waals surface area contributed by atoms with Crippen molar-refractivity contribution in [3.8, 4) is 0 Å². The van der Waals surface area contributed by atoms with Gasteiger partial charge in [-0.3, -0.25) is 0 Å². The number of aromatic nitrogens is 1. The largest absolute Gasteiger partial charge is 0.389 e. The number of nitrogens with zero attached hydrogens (tertiary/aromatic N) is 1. The predicted octanol–water partition coefficient (Wildman–Crippen LogP) is 2.77. The molecular formula is C9H14N2S. The summed E-state index contributed by atoms with van der Waals surface area (Å²) in [5, 5.41) is 2.11. The standard InChI is InChI=1S/C9H14N2S/c10-8-6-11-9(12-8)7-4-2-1-3-5-7/h6-7H,1-5,10H2. The normalized spacial score (nSPS) is 19.7. The average molecular weight is 182 g/mol. The van der Waals surface area contributed by atoms with E-state index in [2.05, 4.69) is 4.98 Å². The van der Waals surface area contributed by atoms with E-state index < -0.39 is 0 Å². The molecule has 3 heteroatoms. The highest BCUT2D eigenvalue weighted by atomic mass is 32.1. The number of hydrogen-bond donors (Lipinski definition) is 1. The first kappa shape index (κ1) is 8.05. The van der Waals surface area contributed by atoms with Crippen LogP contribution in [0.25, 0.3) is 0 Å². The lowest BCUT2D eigenvalue weighted by atomic mass is 9.90. The maximum absolute atomic E-state index is 5.64. The maximum Gasteiger partial charge on any atom is 0.106 e. The number of rotatable bonds is 1. The summed E-state index contributed by atoms with van der Waals surface area (Å²) in [4.78, 5) is 4.33. The fourth-order valence-electron chi connectivity index (χ4n) is 1.84. The van der Waals surface area contributed by atoms with Crippen LogP contribution in [0.15, 0.2) is 6.20 Å². The second-order valence-electron chi connectivity index (χ2n) is 3.44. The zero-order valence-electron chi connectivity index (χ0n) is 7.12. The van der Waals surface area contributed by atoms with E-state index in [9.17, 15) is 0 Å². The van der Waals surface area contributed by atoms with Gasteiger partial charge in [0.15, 0.2) is 0 Å². The smallest absolute Gasteiger partial charge is 0.106 e. The summed E-state index contributed by atoms with van der Waals surface area (Å²) >= 11 is 1.66. The molecule has 1 saturated carbocycles.